The van der Waals surface area contributed by atoms with Gasteiger partial charge in [-0.2, -0.15) is 0 Å². The fourth-order valence-electron chi connectivity index (χ4n) is 1.71. The Kier molecular flexibility index (Phi) is 4.24. The summed E-state index contributed by atoms with van der Waals surface area (Å²) in [7, 11) is 0. The number of rotatable bonds is 5. The van der Waals surface area contributed by atoms with Crippen molar-refractivity contribution in [3.8, 4) is 11.3 Å². The average molecular weight is 250 g/mol. The smallest absolute Gasteiger partial charge is 0.135 e. The van der Waals surface area contributed by atoms with Crippen molar-refractivity contribution < 1.29 is 4.42 Å². The Balaban J connectivity index is 2.12. The van der Waals surface area contributed by atoms with Gasteiger partial charge >= 0.3 is 0 Å². The molecule has 0 aliphatic rings. The van der Waals surface area contributed by atoms with Gasteiger partial charge in [0, 0.05) is 12.1 Å². The maximum Gasteiger partial charge on any atom is 0.135 e. The highest BCUT2D eigenvalue weighted by Crippen LogP contribution is 2.28. The van der Waals surface area contributed by atoms with Crippen LogP contribution in [0.4, 0.5) is 0 Å². The van der Waals surface area contributed by atoms with Gasteiger partial charge in [0.15, 0.2) is 0 Å². The molecule has 0 atom stereocenters. The van der Waals surface area contributed by atoms with E-state index in [2.05, 4.69) is 18.3 Å². The van der Waals surface area contributed by atoms with E-state index in [1.54, 1.807) is 6.26 Å². The monoisotopic (exact) mass is 249 g/mol. The lowest BCUT2D eigenvalue weighted by Crippen LogP contribution is -2.13. The summed E-state index contributed by atoms with van der Waals surface area (Å²) < 4.78 is 5.34. The molecule has 2 aromatic rings. The van der Waals surface area contributed by atoms with Crippen LogP contribution in [0.5, 0.6) is 0 Å². The van der Waals surface area contributed by atoms with Gasteiger partial charge in [-0.25, -0.2) is 0 Å². The Hall–Kier alpha value is -1.25. The summed E-state index contributed by atoms with van der Waals surface area (Å²) >= 11 is 6.25. The highest BCUT2D eigenvalue weighted by Gasteiger charge is 2.06. The number of benzene rings is 1. The summed E-state index contributed by atoms with van der Waals surface area (Å²) in [6.45, 7) is 4.03. The van der Waals surface area contributed by atoms with Gasteiger partial charge in [-0.05, 0) is 42.8 Å². The quantitative estimate of drug-likeness (QED) is 0.807. The molecule has 0 amide bonds. The second-order valence-electron chi connectivity index (χ2n) is 3.97. The van der Waals surface area contributed by atoms with Gasteiger partial charge in [-0.15, -0.1) is 0 Å². The zero-order valence-corrected chi connectivity index (χ0v) is 10.6. The molecule has 17 heavy (non-hydrogen) atoms. The third kappa shape index (κ3) is 3.11. The van der Waals surface area contributed by atoms with Gasteiger partial charge in [-0.3, -0.25) is 0 Å². The van der Waals surface area contributed by atoms with E-state index in [0.717, 1.165) is 35.9 Å². The van der Waals surface area contributed by atoms with Gasteiger partial charge in [0.05, 0.1) is 11.3 Å². The molecule has 0 unspecified atom stereocenters. The Morgan fingerprint density at radius 3 is 2.82 bits per heavy atom. The van der Waals surface area contributed by atoms with E-state index in [4.69, 9.17) is 16.0 Å². The van der Waals surface area contributed by atoms with E-state index in [9.17, 15) is 0 Å². The topological polar surface area (TPSA) is 25.2 Å². The molecular formula is C14H16ClNO. The molecule has 1 heterocycles. The van der Waals surface area contributed by atoms with Crippen molar-refractivity contribution in [2.75, 3.05) is 6.54 Å². The minimum Gasteiger partial charge on any atom is -0.464 e. The van der Waals surface area contributed by atoms with Gasteiger partial charge < -0.3 is 9.73 Å². The second kappa shape index (κ2) is 5.89. The van der Waals surface area contributed by atoms with Crippen molar-refractivity contribution in [3.63, 3.8) is 0 Å². The highest BCUT2D eigenvalue weighted by molar-refractivity contribution is 6.33. The van der Waals surface area contributed by atoms with Crippen LogP contribution in [-0.4, -0.2) is 6.54 Å². The van der Waals surface area contributed by atoms with Crippen molar-refractivity contribution in [3.05, 3.63) is 47.2 Å². The third-order valence-electron chi connectivity index (χ3n) is 2.58. The highest BCUT2D eigenvalue weighted by atomic mass is 35.5. The van der Waals surface area contributed by atoms with Crippen molar-refractivity contribution >= 4 is 11.6 Å². The van der Waals surface area contributed by atoms with Crippen molar-refractivity contribution in [2.45, 2.75) is 19.9 Å². The molecule has 1 N–H and O–H groups in total. The molecule has 0 aliphatic carbocycles. The first-order valence-corrected chi connectivity index (χ1v) is 6.22. The van der Waals surface area contributed by atoms with Crippen molar-refractivity contribution in [2.24, 2.45) is 0 Å². The molecule has 2 nitrogen and oxygen atoms in total. The minimum atomic E-state index is 0.732. The maximum atomic E-state index is 6.25. The Morgan fingerprint density at radius 2 is 2.18 bits per heavy atom. The number of hydrogen-bond donors (Lipinski definition) is 1. The van der Waals surface area contributed by atoms with Crippen LogP contribution < -0.4 is 5.32 Å². The molecule has 0 bridgehead atoms. The van der Waals surface area contributed by atoms with Gasteiger partial charge in [-0.1, -0.05) is 24.6 Å². The molecule has 0 fully saturated rings. The molecule has 0 spiro atoms. The van der Waals surface area contributed by atoms with E-state index >= 15 is 0 Å². The normalized spacial score (nSPS) is 10.7. The molecule has 0 aliphatic heterocycles. The Morgan fingerprint density at radius 1 is 1.29 bits per heavy atom. The molecular weight excluding hydrogens is 234 g/mol. The first-order chi connectivity index (χ1) is 8.31. The molecule has 3 heteroatoms. The van der Waals surface area contributed by atoms with Crippen LogP contribution in [0.3, 0.4) is 0 Å². The lowest BCUT2D eigenvalue weighted by molar-refractivity contribution is 0.582. The van der Waals surface area contributed by atoms with Crippen LogP contribution >= 0.6 is 11.6 Å². The van der Waals surface area contributed by atoms with E-state index in [1.165, 1.54) is 5.56 Å². The minimum absolute atomic E-state index is 0.732. The first kappa shape index (κ1) is 12.2. The molecule has 90 valence electrons. The number of halogens is 1. The standard InChI is InChI=1S/C14H16ClNO/c1-2-7-16-10-11-5-6-12(13(15)9-11)14-4-3-8-17-14/h3-6,8-9,16H,2,7,10H2,1H3. The summed E-state index contributed by atoms with van der Waals surface area (Å²) in [4.78, 5) is 0. The van der Waals surface area contributed by atoms with Crippen LogP contribution in [-0.2, 0) is 6.54 Å². The van der Waals surface area contributed by atoms with Crippen LogP contribution in [0.25, 0.3) is 11.3 Å². The van der Waals surface area contributed by atoms with Crippen molar-refractivity contribution in [1.82, 2.24) is 5.32 Å². The van der Waals surface area contributed by atoms with E-state index in [-0.39, 0.29) is 0 Å². The predicted molar refractivity (Wildman–Crippen MR) is 71.2 cm³/mol. The number of hydrogen-bond acceptors (Lipinski definition) is 2. The largest absolute Gasteiger partial charge is 0.464 e. The summed E-state index contributed by atoms with van der Waals surface area (Å²) in [5.74, 6) is 0.808. The molecule has 0 saturated carbocycles. The SMILES string of the molecule is CCCNCc1ccc(-c2ccco2)c(Cl)c1. The molecule has 0 saturated heterocycles. The van der Waals surface area contributed by atoms with Crippen LogP contribution in [0.15, 0.2) is 41.0 Å². The van der Waals surface area contributed by atoms with Gasteiger partial charge in [0.25, 0.3) is 0 Å². The van der Waals surface area contributed by atoms with Crippen LogP contribution in [0, 0.1) is 0 Å². The zero-order chi connectivity index (χ0) is 12.1. The van der Waals surface area contributed by atoms with Gasteiger partial charge in [0.2, 0.25) is 0 Å². The predicted octanol–water partition coefficient (Wildman–Crippen LogP) is 4.10. The lowest BCUT2D eigenvalue weighted by Gasteiger charge is -2.06. The summed E-state index contributed by atoms with van der Waals surface area (Å²) in [5, 5.41) is 4.08. The summed E-state index contributed by atoms with van der Waals surface area (Å²) in [6.07, 6.45) is 2.79. The van der Waals surface area contributed by atoms with E-state index in [1.807, 2.05) is 24.3 Å². The summed E-state index contributed by atoms with van der Waals surface area (Å²) in [6, 6.07) is 9.84. The number of furan rings is 1. The third-order valence-corrected chi connectivity index (χ3v) is 2.89. The second-order valence-corrected chi connectivity index (χ2v) is 4.38. The Bertz CT molecular complexity index is 465. The summed E-state index contributed by atoms with van der Waals surface area (Å²) in [5.41, 5.74) is 2.13. The number of nitrogens with one attached hydrogen (secondary N) is 1. The Labute approximate surface area is 107 Å². The zero-order valence-electron chi connectivity index (χ0n) is 9.87. The lowest BCUT2D eigenvalue weighted by atomic mass is 10.1. The maximum absolute atomic E-state index is 6.25. The molecule has 1 aromatic carbocycles. The van der Waals surface area contributed by atoms with Crippen LogP contribution in [0.2, 0.25) is 5.02 Å². The molecule has 2 rings (SSSR count). The van der Waals surface area contributed by atoms with E-state index in [0.29, 0.717) is 0 Å². The fourth-order valence-corrected chi connectivity index (χ4v) is 2.01. The molecule has 0 radical (unpaired) electrons. The van der Waals surface area contributed by atoms with Crippen molar-refractivity contribution in [1.29, 1.82) is 0 Å². The fraction of sp³-hybridized carbons (Fsp3) is 0.286. The average Bonchev–Trinajstić information content (AvgIpc) is 2.83. The van der Waals surface area contributed by atoms with Gasteiger partial charge in [0.1, 0.15) is 5.76 Å². The molecule has 1 aromatic heterocycles. The van der Waals surface area contributed by atoms with E-state index < -0.39 is 0 Å². The first-order valence-electron chi connectivity index (χ1n) is 5.84. The van der Waals surface area contributed by atoms with Crippen LogP contribution in [0.1, 0.15) is 18.9 Å².